The topological polar surface area (TPSA) is 88.7 Å². The minimum Gasteiger partial charge on any atom is -0.397 e. The van der Waals surface area contributed by atoms with Gasteiger partial charge in [-0.05, 0) is 12.1 Å². The Morgan fingerprint density at radius 2 is 2.33 bits per heavy atom. The molecule has 0 aliphatic carbocycles. The van der Waals surface area contributed by atoms with E-state index in [2.05, 4.69) is 15.3 Å². The van der Waals surface area contributed by atoms with Crippen molar-refractivity contribution in [2.75, 3.05) is 12.3 Å². The quantitative estimate of drug-likeness (QED) is 0.633. The number of carbonyl (C=O) groups is 1. The van der Waals surface area contributed by atoms with Crippen molar-refractivity contribution in [3.8, 4) is 0 Å². The van der Waals surface area contributed by atoms with Crippen molar-refractivity contribution < 1.29 is 4.79 Å². The molecule has 1 aromatic carbocycles. The van der Waals surface area contributed by atoms with E-state index in [9.17, 15) is 4.79 Å². The number of carbonyl (C=O) groups excluding carboxylic acids is 1. The summed E-state index contributed by atoms with van der Waals surface area (Å²) in [4.78, 5) is 19.4. The van der Waals surface area contributed by atoms with E-state index in [-0.39, 0.29) is 5.91 Å². The molecule has 0 fully saturated rings. The molecule has 0 aliphatic heterocycles. The summed E-state index contributed by atoms with van der Waals surface area (Å²) in [6, 6.07) is 7.41. The number of H-pyrrole nitrogens is 1. The lowest BCUT2D eigenvalue weighted by molar-refractivity contribution is 0.0950. The van der Waals surface area contributed by atoms with Crippen LogP contribution in [0.5, 0.6) is 0 Å². The minimum absolute atomic E-state index is 0.139. The van der Waals surface area contributed by atoms with Crippen molar-refractivity contribution in [1.29, 1.82) is 0 Å². The van der Waals surface area contributed by atoms with Gasteiger partial charge < -0.3 is 20.6 Å². The summed E-state index contributed by atoms with van der Waals surface area (Å²) in [6.45, 7) is 0.536. The Kier molecular flexibility index (Phi) is 3.35. The van der Waals surface area contributed by atoms with E-state index in [1.807, 2.05) is 42.1 Å². The van der Waals surface area contributed by atoms with E-state index < -0.39 is 0 Å². The van der Waals surface area contributed by atoms with E-state index in [0.717, 1.165) is 16.7 Å². The van der Waals surface area contributed by atoms with Crippen molar-refractivity contribution >= 4 is 22.5 Å². The Balaban J connectivity index is 1.67. The average molecular weight is 283 g/mol. The molecule has 21 heavy (non-hydrogen) atoms. The van der Waals surface area contributed by atoms with Gasteiger partial charge in [0.05, 0.1) is 11.2 Å². The van der Waals surface area contributed by atoms with E-state index in [0.29, 0.717) is 24.3 Å². The Morgan fingerprint density at radius 3 is 3.05 bits per heavy atom. The summed E-state index contributed by atoms with van der Waals surface area (Å²) >= 11 is 0. The smallest absolute Gasteiger partial charge is 0.267 e. The molecule has 3 aromatic rings. The highest BCUT2D eigenvalue weighted by Crippen LogP contribution is 2.20. The second-order valence-corrected chi connectivity index (χ2v) is 4.95. The first kappa shape index (κ1) is 13.2. The number of aromatic amines is 1. The summed E-state index contributed by atoms with van der Waals surface area (Å²) in [5, 5.41) is 3.82. The van der Waals surface area contributed by atoms with Gasteiger partial charge >= 0.3 is 0 Å². The number of hydrogen-bond donors (Lipinski definition) is 3. The van der Waals surface area contributed by atoms with E-state index >= 15 is 0 Å². The van der Waals surface area contributed by atoms with Gasteiger partial charge in [-0.15, -0.1) is 0 Å². The van der Waals surface area contributed by atoms with Gasteiger partial charge in [0.15, 0.2) is 0 Å². The molecule has 0 saturated heterocycles. The molecular formula is C15H17N5O. The molecule has 0 spiro atoms. The lowest BCUT2D eigenvalue weighted by atomic mass is 10.2. The Labute approximate surface area is 122 Å². The van der Waals surface area contributed by atoms with Gasteiger partial charge in [0.1, 0.15) is 11.5 Å². The van der Waals surface area contributed by atoms with Crippen molar-refractivity contribution in [1.82, 2.24) is 19.9 Å². The summed E-state index contributed by atoms with van der Waals surface area (Å²) < 4.78 is 1.94. The summed E-state index contributed by atoms with van der Waals surface area (Å²) in [6.07, 6.45) is 4.33. The number of amides is 1. The summed E-state index contributed by atoms with van der Waals surface area (Å²) in [5.74, 6) is 0.802. The standard InChI is InChI=1S/C15H17N5O/c1-20-8-7-17-13(20)5-6-18-15(21)12-9-10-3-2-4-11(16)14(10)19-12/h2-4,7-9,19H,5-6,16H2,1H3,(H,18,21). The van der Waals surface area contributed by atoms with Crippen LogP contribution < -0.4 is 11.1 Å². The molecule has 6 nitrogen and oxygen atoms in total. The van der Waals surface area contributed by atoms with Crippen LogP contribution in [0.3, 0.4) is 0 Å². The number of hydrogen-bond acceptors (Lipinski definition) is 3. The molecule has 0 bridgehead atoms. The molecule has 1 amide bonds. The number of nitrogens with one attached hydrogen (secondary N) is 2. The first-order valence-corrected chi connectivity index (χ1v) is 6.77. The van der Waals surface area contributed by atoms with Crippen LogP contribution in [-0.2, 0) is 13.5 Å². The second kappa shape index (κ2) is 5.32. The number of nitrogens with zero attached hydrogens (tertiary/aromatic N) is 2. The SMILES string of the molecule is Cn1ccnc1CCNC(=O)c1cc2cccc(N)c2[nH]1. The van der Waals surface area contributed by atoms with Crippen LogP contribution in [0.15, 0.2) is 36.7 Å². The molecule has 108 valence electrons. The molecule has 0 unspecified atom stereocenters. The third kappa shape index (κ3) is 2.60. The van der Waals surface area contributed by atoms with Crippen LogP contribution in [0.25, 0.3) is 10.9 Å². The normalized spacial score (nSPS) is 10.9. The van der Waals surface area contributed by atoms with Crippen LogP contribution in [0.1, 0.15) is 16.3 Å². The highest BCUT2D eigenvalue weighted by atomic mass is 16.1. The molecule has 2 heterocycles. The number of aromatic nitrogens is 3. The van der Waals surface area contributed by atoms with Gasteiger partial charge in [0, 0.05) is 37.8 Å². The molecular weight excluding hydrogens is 266 g/mol. The monoisotopic (exact) mass is 283 g/mol. The molecule has 3 rings (SSSR count). The highest BCUT2D eigenvalue weighted by molar-refractivity contribution is 6.00. The van der Waals surface area contributed by atoms with Crippen molar-refractivity contribution in [2.24, 2.45) is 7.05 Å². The van der Waals surface area contributed by atoms with Gasteiger partial charge in [0.25, 0.3) is 5.91 Å². The number of nitrogen functional groups attached to an aromatic ring is 1. The van der Waals surface area contributed by atoms with Crippen LogP contribution in [-0.4, -0.2) is 27.0 Å². The van der Waals surface area contributed by atoms with Gasteiger partial charge in [-0.1, -0.05) is 12.1 Å². The number of fused-ring (bicyclic) bond motifs is 1. The summed E-state index contributed by atoms with van der Waals surface area (Å²) in [7, 11) is 1.94. The molecule has 4 N–H and O–H groups in total. The Morgan fingerprint density at radius 1 is 1.48 bits per heavy atom. The first-order valence-electron chi connectivity index (χ1n) is 6.77. The van der Waals surface area contributed by atoms with Gasteiger partial charge in [-0.25, -0.2) is 4.98 Å². The minimum atomic E-state index is -0.139. The Bertz CT molecular complexity index is 786. The molecule has 6 heteroatoms. The van der Waals surface area contributed by atoms with Gasteiger partial charge in [0.2, 0.25) is 0 Å². The predicted octanol–water partition coefficient (Wildman–Crippen LogP) is 1.46. The molecule has 2 aromatic heterocycles. The summed E-state index contributed by atoms with van der Waals surface area (Å²) in [5.41, 5.74) is 7.83. The maximum absolute atomic E-state index is 12.1. The first-order chi connectivity index (χ1) is 10.1. The third-order valence-corrected chi connectivity index (χ3v) is 3.49. The molecule has 0 atom stereocenters. The van der Waals surface area contributed by atoms with E-state index in [1.165, 1.54) is 0 Å². The zero-order chi connectivity index (χ0) is 14.8. The van der Waals surface area contributed by atoms with Crippen molar-refractivity contribution in [3.63, 3.8) is 0 Å². The third-order valence-electron chi connectivity index (χ3n) is 3.49. The number of benzene rings is 1. The maximum Gasteiger partial charge on any atom is 0.267 e. The van der Waals surface area contributed by atoms with Crippen LogP contribution in [0.2, 0.25) is 0 Å². The van der Waals surface area contributed by atoms with Gasteiger partial charge in [-0.3, -0.25) is 4.79 Å². The number of rotatable bonds is 4. The van der Waals surface area contributed by atoms with E-state index in [1.54, 1.807) is 6.20 Å². The zero-order valence-electron chi connectivity index (χ0n) is 11.8. The van der Waals surface area contributed by atoms with Crippen LogP contribution >= 0.6 is 0 Å². The van der Waals surface area contributed by atoms with Crippen molar-refractivity contribution in [3.05, 3.63) is 48.2 Å². The lowest BCUT2D eigenvalue weighted by Crippen LogP contribution is -2.26. The number of aryl methyl sites for hydroxylation is 1. The fraction of sp³-hybridized carbons (Fsp3) is 0.200. The fourth-order valence-corrected chi connectivity index (χ4v) is 2.32. The number of anilines is 1. The Hall–Kier alpha value is -2.76. The average Bonchev–Trinajstić information content (AvgIpc) is 3.06. The lowest BCUT2D eigenvalue weighted by Gasteiger charge is -2.04. The highest BCUT2D eigenvalue weighted by Gasteiger charge is 2.10. The zero-order valence-corrected chi connectivity index (χ0v) is 11.8. The van der Waals surface area contributed by atoms with Crippen LogP contribution in [0.4, 0.5) is 5.69 Å². The predicted molar refractivity (Wildman–Crippen MR) is 82.0 cm³/mol. The molecule has 0 aliphatic rings. The largest absolute Gasteiger partial charge is 0.397 e. The second-order valence-electron chi connectivity index (χ2n) is 4.95. The fourth-order valence-electron chi connectivity index (χ4n) is 2.32. The number of imidazole rings is 1. The number of nitrogens with two attached hydrogens (primary N) is 1. The van der Waals surface area contributed by atoms with Crippen molar-refractivity contribution in [2.45, 2.75) is 6.42 Å². The van der Waals surface area contributed by atoms with Gasteiger partial charge in [-0.2, -0.15) is 0 Å². The maximum atomic E-state index is 12.1. The van der Waals surface area contributed by atoms with E-state index in [4.69, 9.17) is 5.73 Å². The molecule has 0 radical (unpaired) electrons. The number of para-hydroxylation sites is 1. The van der Waals surface area contributed by atoms with Crippen LogP contribution in [0, 0.1) is 0 Å². The molecule has 0 saturated carbocycles.